The topological polar surface area (TPSA) is 85.6 Å². The Morgan fingerprint density at radius 3 is 2.59 bits per heavy atom. The smallest absolute Gasteiger partial charge is 0.336 e. The van der Waals surface area contributed by atoms with E-state index in [1.807, 2.05) is 57.2 Å². The molecule has 0 fully saturated rings. The number of hydrogen-bond acceptors (Lipinski definition) is 6. The van der Waals surface area contributed by atoms with Gasteiger partial charge in [0.1, 0.15) is 5.58 Å². The summed E-state index contributed by atoms with van der Waals surface area (Å²) in [5, 5.41) is 3.74. The van der Waals surface area contributed by atoms with Gasteiger partial charge in [0.15, 0.2) is 11.2 Å². The number of Topliss-reactive ketones (excluding diaryl/α,β-unsaturated/α-hetero) is 1. The first-order valence-electron chi connectivity index (χ1n) is 12.6. The molecule has 3 aromatic rings. The highest BCUT2D eigenvalue weighted by Gasteiger charge is 2.44. The molecule has 0 bridgehead atoms. The van der Waals surface area contributed by atoms with Crippen molar-refractivity contribution in [1.29, 1.82) is 0 Å². The molecule has 2 heterocycles. The van der Waals surface area contributed by atoms with Crippen molar-refractivity contribution < 1.29 is 18.7 Å². The number of carbonyl (C=O) groups excluding carboxylic acids is 2. The summed E-state index contributed by atoms with van der Waals surface area (Å²) < 4.78 is 11.6. The quantitative estimate of drug-likeness (QED) is 0.469. The van der Waals surface area contributed by atoms with E-state index < -0.39 is 11.9 Å². The molecule has 1 aromatic heterocycles. The molecule has 2 aromatic carbocycles. The van der Waals surface area contributed by atoms with E-state index in [1.54, 1.807) is 19.1 Å². The normalized spacial score (nSPS) is 19.0. The Morgan fingerprint density at radius 1 is 1.08 bits per heavy atom. The van der Waals surface area contributed by atoms with Crippen LogP contribution in [0.3, 0.4) is 0 Å². The van der Waals surface area contributed by atoms with Gasteiger partial charge in [0.25, 0.3) is 0 Å². The van der Waals surface area contributed by atoms with Gasteiger partial charge in [-0.2, -0.15) is 0 Å². The predicted octanol–water partition coefficient (Wildman–Crippen LogP) is 5.49. The van der Waals surface area contributed by atoms with Crippen LogP contribution >= 0.6 is 0 Å². The molecule has 1 aliphatic heterocycles. The first-order valence-corrected chi connectivity index (χ1v) is 12.6. The minimum atomic E-state index is -0.856. The third-order valence-electron chi connectivity index (χ3n) is 7.19. The van der Waals surface area contributed by atoms with Crippen LogP contribution in [-0.4, -0.2) is 18.4 Å². The minimum Gasteiger partial charge on any atom is -0.464 e. The third kappa shape index (κ3) is 4.76. The van der Waals surface area contributed by atoms with Gasteiger partial charge in [-0.25, -0.2) is 4.79 Å². The molecule has 1 atom stereocenters. The fourth-order valence-electron chi connectivity index (χ4n) is 5.46. The van der Waals surface area contributed by atoms with Crippen molar-refractivity contribution in [2.75, 3.05) is 6.61 Å². The minimum absolute atomic E-state index is 0.0745. The molecule has 190 valence electrons. The number of carbonyl (C=O) groups is 2. The molecule has 6 nitrogen and oxygen atoms in total. The number of hydrogen-bond donors (Lipinski definition) is 1. The highest BCUT2D eigenvalue weighted by atomic mass is 16.5. The molecule has 0 unspecified atom stereocenters. The number of allylic oxidation sites excluding steroid dienone is 3. The molecule has 5 rings (SSSR count). The Balaban J connectivity index is 1.58. The number of ketones is 1. The van der Waals surface area contributed by atoms with Crippen LogP contribution in [0.25, 0.3) is 11.0 Å². The number of benzene rings is 2. The highest BCUT2D eigenvalue weighted by Crippen LogP contribution is 2.46. The molecule has 37 heavy (non-hydrogen) atoms. The van der Waals surface area contributed by atoms with Gasteiger partial charge in [-0.15, -0.1) is 0 Å². The van der Waals surface area contributed by atoms with Crippen molar-refractivity contribution in [3.05, 3.63) is 104 Å². The largest absolute Gasteiger partial charge is 0.464 e. The van der Waals surface area contributed by atoms with Gasteiger partial charge in [0.05, 0.1) is 29.7 Å². The zero-order valence-electron chi connectivity index (χ0n) is 21.6. The van der Waals surface area contributed by atoms with Crippen molar-refractivity contribution in [1.82, 2.24) is 5.32 Å². The molecule has 2 aliphatic rings. The molecule has 6 heteroatoms. The second-order valence-electron chi connectivity index (χ2n) is 10.8. The van der Waals surface area contributed by atoms with E-state index >= 15 is 0 Å². The Kier molecular flexibility index (Phi) is 6.36. The lowest BCUT2D eigenvalue weighted by atomic mass is 9.68. The number of ether oxygens (including phenoxy) is 1. The fourth-order valence-corrected chi connectivity index (χ4v) is 5.46. The number of aryl methyl sites for hydroxylation is 1. The lowest BCUT2D eigenvalue weighted by Crippen LogP contribution is -2.39. The summed E-state index contributed by atoms with van der Waals surface area (Å²) in [4.78, 5) is 40.8. The van der Waals surface area contributed by atoms with Gasteiger partial charge < -0.3 is 14.5 Å². The van der Waals surface area contributed by atoms with Crippen LogP contribution in [0, 0.1) is 12.3 Å². The van der Waals surface area contributed by atoms with E-state index in [-0.39, 0.29) is 34.4 Å². The standard InChI is InChI=1S/C31H31NO5/c1-18-10-11-25-21(14-18)29(34)22(17-37-25)27-26(30(35)36-13-12-20-8-6-5-7-9-20)19(2)32-23-15-31(3,4)16-24(33)28(23)27/h5-11,14,17,27,32H,12-13,15-16H2,1-4H3/t27-/m0/s1. The molecule has 0 amide bonds. The third-order valence-corrected chi connectivity index (χ3v) is 7.19. The number of dihydropyridines is 1. The fraction of sp³-hybridized carbons (Fsp3) is 0.323. The summed E-state index contributed by atoms with van der Waals surface area (Å²) >= 11 is 0. The Hall–Kier alpha value is -3.93. The molecule has 1 aliphatic carbocycles. The maximum Gasteiger partial charge on any atom is 0.336 e. The van der Waals surface area contributed by atoms with Crippen LogP contribution in [0.2, 0.25) is 0 Å². The van der Waals surface area contributed by atoms with Crippen molar-refractivity contribution in [2.45, 2.75) is 52.9 Å². The summed E-state index contributed by atoms with van der Waals surface area (Å²) in [5.41, 5.74) is 4.32. The van der Waals surface area contributed by atoms with Gasteiger partial charge in [-0.05, 0) is 43.4 Å². The van der Waals surface area contributed by atoms with E-state index in [2.05, 4.69) is 5.32 Å². The lowest BCUT2D eigenvalue weighted by molar-refractivity contribution is -0.139. The van der Waals surface area contributed by atoms with Crippen molar-refractivity contribution >= 4 is 22.7 Å². The summed E-state index contributed by atoms with van der Waals surface area (Å²) in [6, 6.07) is 15.2. The van der Waals surface area contributed by atoms with Crippen LogP contribution in [0.5, 0.6) is 0 Å². The first kappa shape index (κ1) is 24.8. The zero-order valence-corrected chi connectivity index (χ0v) is 21.6. The van der Waals surface area contributed by atoms with E-state index in [0.717, 1.165) is 16.8 Å². The molecule has 0 radical (unpaired) electrons. The first-order chi connectivity index (χ1) is 17.6. The molecular weight excluding hydrogens is 466 g/mol. The Morgan fingerprint density at radius 2 is 1.84 bits per heavy atom. The number of esters is 1. The maximum absolute atomic E-state index is 13.8. The van der Waals surface area contributed by atoms with Crippen molar-refractivity contribution in [3.8, 4) is 0 Å². The summed E-state index contributed by atoms with van der Waals surface area (Å²) in [6.07, 6.45) is 2.93. The van der Waals surface area contributed by atoms with Gasteiger partial charge in [0.2, 0.25) is 0 Å². The number of rotatable bonds is 5. The average Bonchev–Trinajstić information content (AvgIpc) is 2.83. The molecule has 0 saturated heterocycles. The summed E-state index contributed by atoms with van der Waals surface area (Å²) in [6.45, 7) is 7.98. The van der Waals surface area contributed by atoms with Crippen molar-refractivity contribution in [3.63, 3.8) is 0 Å². The summed E-state index contributed by atoms with van der Waals surface area (Å²) in [7, 11) is 0. The Labute approximate surface area is 216 Å². The Bertz CT molecular complexity index is 1520. The zero-order chi connectivity index (χ0) is 26.3. The predicted molar refractivity (Wildman–Crippen MR) is 142 cm³/mol. The molecule has 1 N–H and O–H groups in total. The number of fused-ring (bicyclic) bond motifs is 1. The van der Waals surface area contributed by atoms with E-state index in [9.17, 15) is 14.4 Å². The van der Waals surface area contributed by atoms with Crippen LogP contribution in [0.15, 0.2) is 86.5 Å². The molecule has 0 spiro atoms. The van der Waals surface area contributed by atoms with Gasteiger partial charge in [-0.1, -0.05) is 55.8 Å². The average molecular weight is 498 g/mol. The number of nitrogens with one attached hydrogen (secondary N) is 1. The molecular formula is C31H31NO5. The van der Waals surface area contributed by atoms with E-state index in [0.29, 0.717) is 41.5 Å². The monoisotopic (exact) mass is 497 g/mol. The van der Waals surface area contributed by atoms with Gasteiger partial charge >= 0.3 is 5.97 Å². The van der Waals surface area contributed by atoms with Gasteiger partial charge in [0, 0.05) is 35.4 Å². The second kappa shape index (κ2) is 9.51. The maximum atomic E-state index is 13.8. The lowest BCUT2D eigenvalue weighted by Gasteiger charge is -2.39. The van der Waals surface area contributed by atoms with Crippen LogP contribution in [-0.2, 0) is 20.7 Å². The second-order valence-corrected chi connectivity index (χ2v) is 10.8. The highest BCUT2D eigenvalue weighted by molar-refractivity contribution is 6.04. The van der Waals surface area contributed by atoms with E-state index in [1.165, 1.54) is 6.26 Å². The van der Waals surface area contributed by atoms with Crippen LogP contribution in [0.4, 0.5) is 0 Å². The van der Waals surface area contributed by atoms with Crippen LogP contribution in [0.1, 0.15) is 56.2 Å². The molecule has 0 saturated carbocycles. The van der Waals surface area contributed by atoms with E-state index in [4.69, 9.17) is 9.15 Å². The van der Waals surface area contributed by atoms with Gasteiger partial charge in [-0.3, -0.25) is 9.59 Å². The van der Waals surface area contributed by atoms with Crippen LogP contribution < -0.4 is 10.7 Å². The van der Waals surface area contributed by atoms with Crippen molar-refractivity contribution in [2.24, 2.45) is 5.41 Å². The summed E-state index contributed by atoms with van der Waals surface area (Å²) in [5.74, 6) is -1.47. The SMILES string of the molecule is CC1=C(C(=O)OCCc2ccccc2)[C@H](c2coc3ccc(C)cc3c2=O)C2=C(CC(C)(C)CC2=O)N1.